The Labute approximate surface area is 99.6 Å². The predicted molar refractivity (Wildman–Crippen MR) is 66.0 cm³/mol. The van der Waals surface area contributed by atoms with E-state index in [-0.39, 0.29) is 0 Å². The van der Waals surface area contributed by atoms with Gasteiger partial charge in [0.05, 0.1) is 25.0 Å². The van der Waals surface area contributed by atoms with Crippen molar-refractivity contribution in [2.45, 2.75) is 13.5 Å². The molecule has 90 valence electrons. The average Bonchev–Trinajstić information content (AvgIpc) is 2.74. The number of anilines is 2. The summed E-state index contributed by atoms with van der Waals surface area (Å²) in [6.07, 6.45) is 0. The molecule has 0 spiro atoms. The summed E-state index contributed by atoms with van der Waals surface area (Å²) in [7, 11) is 1.59. The van der Waals surface area contributed by atoms with Crippen LogP contribution in [0.4, 0.5) is 11.4 Å². The van der Waals surface area contributed by atoms with Crippen molar-refractivity contribution >= 4 is 11.4 Å². The zero-order valence-corrected chi connectivity index (χ0v) is 9.86. The van der Waals surface area contributed by atoms with E-state index >= 15 is 0 Å². The molecule has 2 aromatic rings. The summed E-state index contributed by atoms with van der Waals surface area (Å²) in [6, 6.07) is 7.42. The minimum absolute atomic E-state index is 0.577. The molecule has 0 amide bonds. The summed E-state index contributed by atoms with van der Waals surface area (Å²) in [4.78, 5) is 0. The first-order valence-electron chi connectivity index (χ1n) is 5.28. The Morgan fingerprint density at radius 1 is 1.41 bits per heavy atom. The fourth-order valence-corrected chi connectivity index (χ4v) is 1.51. The lowest BCUT2D eigenvalue weighted by Crippen LogP contribution is -1.99. The molecule has 0 radical (unpaired) electrons. The first-order valence-corrected chi connectivity index (χ1v) is 5.28. The molecule has 0 fully saturated rings. The number of benzene rings is 1. The number of nitrogens with two attached hydrogens (primary N) is 1. The van der Waals surface area contributed by atoms with Crippen molar-refractivity contribution < 1.29 is 9.26 Å². The van der Waals surface area contributed by atoms with E-state index in [1.807, 2.05) is 25.1 Å². The second-order valence-corrected chi connectivity index (χ2v) is 3.74. The van der Waals surface area contributed by atoms with Gasteiger partial charge < -0.3 is 20.3 Å². The second kappa shape index (κ2) is 4.78. The molecule has 3 N–H and O–H groups in total. The van der Waals surface area contributed by atoms with E-state index in [1.165, 1.54) is 0 Å². The maximum atomic E-state index is 5.73. The zero-order valence-electron chi connectivity index (χ0n) is 9.86. The molecule has 0 bridgehead atoms. The number of ether oxygens (including phenoxy) is 1. The summed E-state index contributed by atoms with van der Waals surface area (Å²) in [6.45, 7) is 2.47. The Hall–Kier alpha value is -2.17. The number of hydrogen-bond acceptors (Lipinski definition) is 5. The molecule has 1 heterocycles. The van der Waals surface area contributed by atoms with Crippen LogP contribution in [-0.4, -0.2) is 12.3 Å². The van der Waals surface area contributed by atoms with Gasteiger partial charge in [0.15, 0.2) is 5.76 Å². The molecule has 0 aliphatic rings. The highest BCUT2D eigenvalue weighted by Gasteiger charge is 2.03. The molecule has 17 heavy (non-hydrogen) atoms. The topological polar surface area (TPSA) is 73.3 Å². The third-order valence-corrected chi connectivity index (χ3v) is 2.38. The van der Waals surface area contributed by atoms with Gasteiger partial charge >= 0.3 is 0 Å². The summed E-state index contributed by atoms with van der Waals surface area (Å²) < 4.78 is 10.2. The number of methoxy groups -OCH3 is 1. The number of rotatable bonds is 4. The van der Waals surface area contributed by atoms with Crippen LogP contribution >= 0.6 is 0 Å². The van der Waals surface area contributed by atoms with Crippen molar-refractivity contribution in [3.05, 3.63) is 35.7 Å². The van der Waals surface area contributed by atoms with E-state index in [4.69, 9.17) is 15.0 Å². The third kappa shape index (κ3) is 2.69. The van der Waals surface area contributed by atoms with Crippen LogP contribution in [0.25, 0.3) is 0 Å². The van der Waals surface area contributed by atoms with Crippen molar-refractivity contribution in [2.24, 2.45) is 0 Å². The van der Waals surface area contributed by atoms with Crippen LogP contribution in [0.15, 0.2) is 28.8 Å². The minimum Gasteiger partial charge on any atom is -0.495 e. The zero-order chi connectivity index (χ0) is 12.3. The summed E-state index contributed by atoms with van der Waals surface area (Å²) in [5.74, 6) is 1.45. The maximum absolute atomic E-state index is 5.73. The fraction of sp³-hybridized carbons (Fsp3) is 0.250. The van der Waals surface area contributed by atoms with Gasteiger partial charge in [0.2, 0.25) is 0 Å². The number of nitrogen functional groups attached to an aromatic ring is 1. The van der Waals surface area contributed by atoms with Gasteiger partial charge in [-0.2, -0.15) is 0 Å². The number of hydrogen-bond donors (Lipinski definition) is 2. The Morgan fingerprint density at radius 3 is 2.88 bits per heavy atom. The van der Waals surface area contributed by atoms with Gasteiger partial charge in [0.1, 0.15) is 5.75 Å². The van der Waals surface area contributed by atoms with E-state index in [1.54, 1.807) is 13.2 Å². The smallest absolute Gasteiger partial charge is 0.156 e. The van der Waals surface area contributed by atoms with Crippen LogP contribution < -0.4 is 15.8 Å². The standard InChI is InChI=1S/C12H15N3O2/c1-8-5-10(17-15-8)7-14-9-3-4-11(13)12(6-9)16-2/h3-6,14H,7,13H2,1-2H3. The van der Waals surface area contributed by atoms with Crippen LogP contribution in [-0.2, 0) is 6.54 Å². The predicted octanol–water partition coefficient (Wildman–Crippen LogP) is 2.19. The molecule has 5 nitrogen and oxygen atoms in total. The maximum Gasteiger partial charge on any atom is 0.156 e. The molecule has 0 saturated carbocycles. The third-order valence-electron chi connectivity index (χ3n) is 2.38. The van der Waals surface area contributed by atoms with Gasteiger partial charge in [0, 0.05) is 17.8 Å². The molecule has 0 aliphatic carbocycles. The largest absolute Gasteiger partial charge is 0.495 e. The molecule has 0 unspecified atom stereocenters. The fourth-order valence-electron chi connectivity index (χ4n) is 1.51. The molecule has 0 saturated heterocycles. The van der Waals surface area contributed by atoms with E-state index in [0.29, 0.717) is 18.0 Å². The van der Waals surface area contributed by atoms with Crippen molar-refractivity contribution in [2.75, 3.05) is 18.2 Å². The molecule has 2 rings (SSSR count). The van der Waals surface area contributed by atoms with Crippen molar-refractivity contribution in [3.63, 3.8) is 0 Å². The molecule has 0 aliphatic heterocycles. The SMILES string of the molecule is COc1cc(NCc2cc(C)no2)ccc1N. The van der Waals surface area contributed by atoms with Gasteiger partial charge in [-0.15, -0.1) is 0 Å². The quantitative estimate of drug-likeness (QED) is 0.792. The molecule has 1 aromatic carbocycles. The summed E-state index contributed by atoms with van der Waals surface area (Å²) in [5.41, 5.74) is 8.14. The van der Waals surface area contributed by atoms with Crippen LogP contribution in [0.2, 0.25) is 0 Å². The molecular weight excluding hydrogens is 218 g/mol. The number of aromatic nitrogens is 1. The van der Waals surface area contributed by atoms with E-state index in [2.05, 4.69) is 10.5 Å². The normalized spacial score (nSPS) is 10.2. The van der Waals surface area contributed by atoms with Gasteiger partial charge in [-0.1, -0.05) is 5.16 Å². The lowest BCUT2D eigenvalue weighted by atomic mass is 10.2. The molecular formula is C12H15N3O2. The Bertz CT molecular complexity index is 508. The van der Waals surface area contributed by atoms with Gasteiger partial charge in [-0.25, -0.2) is 0 Å². The number of aryl methyl sites for hydroxylation is 1. The van der Waals surface area contributed by atoms with Crippen LogP contribution in [0.3, 0.4) is 0 Å². The lowest BCUT2D eigenvalue weighted by molar-refractivity contribution is 0.384. The van der Waals surface area contributed by atoms with Crippen LogP contribution in [0.1, 0.15) is 11.5 Å². The first kappa shape index (κ1) is 11.3. The van der Waals surface area contributed by atoms with Crippen molar-refractivity contribution in [3.8, 4) is 5.75 Å². The van der Waals surface area contributed by atoms with Gasteiger partial charge in [-0.05, 0) is 19.1 Å². The highest BCUT2D eigenvalue weighted by molar-refractivity contribution is 5.61. The Kier molecular flexibility index (Phi) is 3.18. The van der Waals surface area contributed by atoms with Gasteiger partial charge in [0.25, 0.3) is 0 Å². The molecule has 5 heteroatoms. The lowest BCUT2D eigenvalue weighted by Gasteiger charge is -2.08. The van der Waals surface area contributed by atoms with E-state index in [0.717, 1.165) is 17.1 Å². The highest BCUT2D eigenvalue weighted by atomic mass is 16.5. The van der Waals surface area contributed by atoms with E-state index < -0.39 is 0 Å². The van der Waals surface area contributed by atoms with Crippen LogP contribution in [0, 0.1) is 6.92 Å². The minimum atomic E-state index is 0.577. The summed E-state index contributed by atoms with van der Waals surface area (Å²) in [5, 5.41) is 7.02. The highest BCUT2D eigenvalue weighted by Crippen LogP contribution is 2.25. The van der Waals surface area contributed by atoms with Crippen LogP contribution in [0.5, 0.6) is 5.75 Å². The van der Waals surface area contributed by atoms with Crippen molar-refractivity contribution in [1.29, 1.82) is 0 Å². The monoisotopic (exact) mass is 233 g/mol. The Morgan fingerprint density at radius 2 is 2.24 bits per heavy atom. The van der Waals surface area contributed by atoms with E-state index in [9.17, 15) is 0 Å². The number of nitrogens with zero attached hydrogens (tertiary/aromatic N) is 1. The van der Waals surface area contributed by atoms with Crippen molar-refractivity contribution in [1.82, 2.24) is 5.16 Å². The molecule has 1 aromatic heterocycles. The van der Waals surface area contributed by atoms with Gasteiger partial charge in [-0.3, -0.25) is 0 Å². The molecule has 0 atom stereocenters. The first-order chi connectivity index (χ1) is 8.19. The Balaban J connectivity index is 2.04. The number of nitrogens with one attached hydrogen (secondary N) is 1. The average molecular weight is 233 g/mol. The summed E-state index contributed by atoms with van der Waals surface area (Å²) >= 11 is 0. The second-order valence-electron chi connectivity index (χ2n) is 3.74.